The van der Waals surface area contributed by atoms with E-state index in [1.807, 2.05) is 18.2 Å². The Bertz CT molecular complexity index is 528. The first kappa shape index (κ1) is 16.5. The summed E-state index contributed by atoms with van der Waals surface area (Å²) in [6, 6.07) is 6.11. The molecule has 2 rings (SSSR count). The number of benzene rings is 1. The minimum absolute atomic E-state index is 0.468. The molecule has 1 aliphatic rings. The number of nitrogens with zero attached hydrogens (tertiary/aromatic N) is 1. The van der Waals surface area contributed by atoms with Crippen LogP contribution in [0.25, 0.3) is 0 Å². The van der Waals surface area contributed by atoms with Crippen LogP contribution in [0.5, 0.6) is 11.5 Å². The first-order valence-electron chi connectivity index (χ1n) is 7.55. The van der Waals surface area contributed by atoms with E-state index in [-0.39, 0.29) is 0 Å². The van der Waals surface area contributed by atoms with Crippen molar-refractivity contribution in [3.63, 3.8) is 0 Å². The van der Waals surface area contributed by atoms with Crippen LogP contribution in [0.4, 0.5) is 0 Å². The summed E-state index contributed by atoms with van der Waals surface area (Å²) in [7, 11) is 3.22. The van der Waals surface area contributed by atoms with Crippen LogP contribution < -0.4 is 20.2 Å². The first-order valence-corrected chi connectivity index (χ1v) is 7.96. The molecule has 22 heavy (non-hydrogen) atoms. The average molecular weight is 321 g/mol. The van der Waals surface area contributed by atoms with Gasteiger partial charge in [0.15, 0.2) is 16.6 Å². The van der Waals surface area contributed by atoms with Gasteiger partial charge in [0.2, 0.25) is 0 Å². The zero-order chi connectivity index (χ0) is 15.8. The number of hydrogen-bond donors (Lipinski definition) is 2. The molecular weight excluding hydrogens is 298 g/mol. The van der Waals surface area contributed by atoms with Crippen molar-refractivity contribution in [2.24, 2.45) is 5.10 Å². The van der Waals surface area contributed by atoms with Gasteiger partial charge in [-0.3, -0.25) is 5.43 Å². The number of rotatable bonds is 5. The number of thiocarbonyl (C=S) groups is 1. The molecule has 2 N–H and O–H groups in total. The van der Waals surface area contributed by atoms with Gasteiger partial charge in [-0.15, -0.1) is 0 Å². The molecule has 0 bridgehead atoms. The van der Waals surface area contributed by atoms with Crippen molar-refractivity contribution < 1.29 is 9.47 Å². The molecule has 0 aliphatic heterocycles. The van der Waals surface area contributed by atoms with Crippen LogP contribution in [0.1, 0.15) is 37.7 Å². The Morgan fingerprint density at radius 2 is 2.00 bits per heavy atom. The van der Waals surface area contributed by atoms with Crippen LogP contribution in [0.3, 0.4) is 0 Å². The highest BCUT2D eigenvalue weighted by atomic mass is 32.1. The van der Waals surface area contributed by atoms with Crippen molar-refractivity contribution in [3.8, 4) is 11.5 Å². The van der Waals surface area contributed by atoms with E-state index in [0.717, 1.165) is 5.56 Å². The van der Waals surface area contributed by atoms with Gasteiger partial charge >= 0.3 is 0 Å². The SMILES string of the molecule is COc1cccc(/C=N/NC(=S)NC2CCCCC2)c1OC. The molecule has 0 amide bonds. The third-order valence-electron chi connectivity index (χ3n) is 3.74. The molecule has 0 atom stereocenters. The van der Waals surface area contributed by atoms with Gasteiger partial charge in [0.25, 0.3) is 0 Å². The first-order chi connectivity index (χ1) is 10.7. The lowest BCUT2D eigenvalue weighted by Gasteiger charge is -2.23. The van der Waals surface area contributed by atoms with Gasteiger partial charge in [-0.25, -0.2) is 0 Å². The average Bonchev–Trinajstić information content (AvgIpc) is 2.55. The molecule has 6 heteroatoms. The van der Waals surface area contributed by atoms with Crippen LogP contribution in [0.2, 0.25) is 0 Å². The number of hydrogen-bond acceptors (Lipinski definition) is 4. The maximum absolute atomic E-state index is 5.35. The van der Waals surface area contributed by atoms with Crippen LogP contribution in [0, 0.1) is 0 Å². The normalized spacial score (nSPS) is 15.5. The lowest BCUT2D eigenvalue weighted by molar-refractivity contribution is 0.354. The molecule has 0 heterocycles. The number of methoxy groups -OCH3 is 2. The minimum atomic E-state index is 0.468. The van der Waals surface area contributed by atoms with Crippen molar-refractivity contribution >= 4 is 23.5 Å². The van der Waals surface area contributed by atoms with Gasteiger partial charge in [0.1, 0.15) is 0 Å². The molecule has 0 saturated heterocycles. The molecule has 0 spiro atoms. The van der Waals surface area contributed by atoms with Crippen molar-refractivity contribution in [3.05, 3.63) is 23.8 Å². The zero-order valence-electron chi connectivity index (χ0n) is 13.1. The van der Waals surface area contributed by atoms with Crippen molar-refractivity contribution in [2.45, 2.75) is 38.1 Å². The molecule has 1 aromatic rings. The summed E-state index contributed by atoms with van der Waals surface area (Å²) in [6.07, 6.45) is 7.89. The lowest BCUT2D eigenvalue weighted by atomic mass is 9.96. The Hall–Kier alpha value is -1.82. The van der Waals surface area contributed by atoms with E-state index in [2.05, 4.69) is 15.8 Å². The predicted molar refractivity (Wildman–Crippen MR) is 92.9 cm³/mol. The monoisotopic (exact) mass is 321 g/mol. The molecule has 0 radical (unpaired) electrons. The lowest BCUT2D eigenvalue weighted by Crippen LogP contribution is -2.40. The van der Waals surface area contributed by atoms with E-state index >= 15 is 0 Å². The molecule has 1 fully saturated rings. The van der Waals surface area contributed by atoms with E-state index in [9.17, 15) is 0 Å². The van der Waals surface area contributed by atoms with Crippen LogP contribution >= 0.6 is 12.2 Å². The van der Waals surface area contributed by atoms with Gasteiger partial charge in [-0.2, -0.15) is 5.10 Å². The van der Waals surface area contributed by atoms with Crippen molar-refractivity contribution in [1.29, 1.82) is 0 Å². The van der Waals surface area contributed by atoms with Gasteiger partial charge in [-0.1, -0.05) is 25.3 Å². The number of para-hydroxylation sites is 1. The highest BCUT2D eigenvalue weighted by Gasteiger charge is 2.13. The predicted octanol–water partition coefficient (Wildman–Crippen LogP) is 2.83. The van der Waals surface area contributed by atoms with Crippen molar-refractivity contribution in [1.82, 2.24) is 10.7 Å². The summed E-state index contributed by atoms with van der Waals surface area (Å²) in [4.78, 5) is 0. The second kappa shape index (κ2) is 8.58. The summed E-state index contributed by atoms with van der Waals surface area (Å²) in [5.41, 5.74) is 3.69. The molecule has 1 aliphatic carbocycles. The summed E-state index contributed by atoms with van der Waals surface area (Å²) in [6.45, 7) is 0. The Morgan fingerprint density at radius 1 is 1.23 bits per heavy atom. The zero-order valence-corrected chi connectivity index (χ0v) is 13.9. The fraction of sp³-hybridized carbons (Fsp3) is 0.500. The summed E-state index contributed by atoms with van der Waals surface area (Å²) >= 11 is 5.27. The van der Waals surface area contributed by atoms with Crippen LogP contribution in [-0.4, -0.2) is 31.6 Å². The molecule has 0 aromatic heterocycles. The van der Waals surface area contributed by atoms with E-state index in [1.54, 1.807) is 20.4 Å². The molecule has 0 unspecified atom stereocenters. The van der Waals surface area contributed by atoms with E-state index in [1.165, 1.54) is 32.1 Å². The van der Waals surface area contributed by atoms with Crippen LogP contribution in [0.15, 0.2) is 23.3 Å². The van der Waals surface area contributed by atoms with Gasteiger partial charge in [-0.05, 0) is 37.2 Å². The Morgan fingerprint density at radius 3 is 2.68 bits per heavy atom. The molecule has 120 valence electrons. The van der Waals surface area contributed by atoms with Crippen LogP contribution in [-0.2, 0) is 0 Å². The molecule has 1 saturated carbocycles. The Labute approximate surface area is 137 Å². The topological polar surface area (TPSA) is 54.9 Å². The summed E-state index contributed by atoms with van der Waals surface area (Å²) < 4.78 is 10.6. The smallest absolute Gasteiger partial charge is 0.187 e. The summed E-state index contributed by atoms with van der Waals surface area (Å²) in [5, 5.41) is 8.04. The molecular formula is C16H23N3O2S. The molecule has 1 aromatic carbocycles. The van der Waals surface area contributed by atoms with E-state index in [0.29, 0.717) is 22.7 Å². The standard InChI is InChI=1S/C16H23N3O2S/c1-20-14-10-6-7-12(15(14)21-2)11-17-19-16(22)18-13-8-4-3-5-9-13/h6-7,10-11,13H,3-5,8-9H2,1-2H3,(H2,18,19,22)/b17-11+. The number of ether oxygens (including phenoxy) is 2. The fourth-order valence-corrected chi connectivity index (χ4v) is 2.86. The second-order valence-corrected chi connectivity index (χ2v) is 5.67. The second-order valence-electron chi connectivity index (χ2n) is 5.26. The van der Waals surface area contributed by atoms with Gasteiger partial charge in [0.05, 0.1) is 20.4 Å². The maximum Gasteiger partial charge on any atom is 0.187 e. The highest BCUT2D eigenvalue weighted by Crippen LogP contribution is 2.29. The number of hydrazone groups is 1. The Balaban J connectivity index is 1.90. The minimum Gasteiger partial charge on any atom is -0.493 e. The van der Waals surface area contributed by atoms with Gasteiger partial charge < -0.3 is 14.8 Å². The third-order valence-corrected chi connectivity index (χ3v) is 3.95. The maximum atomic E-state index is 5.35. The largest absolute Gasteiger partial charge is 0.493 e. The summed E-state index contributed by atoms with van der Waals surface area (Å²) in [5.74, 6) is 1.33. The fourth-order valence-electron chi connectivity index (χ4n) is 2.64. The van der Waals surface area contributed by atoms with Gasteiger partial charge in [0, 0.05) is 11.6 Å². The van der Waals surface area contributed by atoms with E-state index < -0.39 is 0 Å². The third kappa shape index (κ3) is 4.59. The quantitative estimate of drug-likeness (QED) is 0.496. The number of nitrogens with one attached hydrogen (secondary N) is 2. The van der Waals surface area contributed by atoms with Crippen molar-refractivity contribution in [2.75, 3.05) is 14.2 Å². The highest BCUT2D eigenvalue weighted by molar-refractivity contribution is 7.80. The van der Waals surface area contributed by atoms with E-state index in [4.69, 9.17) is 21.7 Å². The Kier molecular flexibility index (Phi) is 6.45. The molecule has 5 nitrogen and oxygen atoms in total.